The first-order valence-corrected chi connectivity index (χ1v) is 7.68. The second-order valence-electron chi connectivity index (χ2n) is 7.38. The van der Waals surface area contributed by atoms with Crippen LogP contribution in [-0.4, -0.2) is 45.9 Å². The summed E-state index contributed by atoms with van der Waals surface area (Å²) in [6.45, 7) is 6.71. The summed E-state index contributed by atoms with van der Waals surface area (Å²) in [6, 6.07) is 0. The SMILES string of the molecule is CC(C)(C)NC[C@H]1CC[C@H](CCB(O)O)C[C@@]1(N)C(=O)O. The van der Waals surface area contributed by atoms with Gasteiger partial charge in [0.2, 0.25) is 0 Å². The van der Waals surface area contributed by atoms with Gasteiger partial charge in [-0.25, -0.2) is 0 Å². The van der Waals surface area contributed by atoms with E-state index in [9.17, 15) is 9.90 Å². The van der Waals surface area contributed by atoms with E-state index < -0.39 is 18.6 Å². The van der Waals surface area contributed by atoms with Crippen molar-refractivity contribution in [1.82, 2.24) is 5.32 Å². The lowest BCUT2D eigenvalue weighted by Crippen LogP contribution is -2.60. The third-order valence-corrected chi connectivity index (χ3v) is 4.39. The van der Waals surface area contributed by atoms with Crippen LogP contribution in [0.3, 0.4) is 0 Å². The summed E-state index contributed by atoms with van der Waals surface area (Å²) in [5.41, 5.74) is 4.90. The molecule has 21 heavy (non-hydrogen) atoms. The number of carboxylic acid groups (broad SMARTS) is 1. The lowest BCUT2D eigenvalue weighted by molar-refractivity contribution is -0.148. The largest absolute Gasteiger partial charge is 0.480 e. The Morgan fingerprint density at radius 1 is 1.38 bits per heavy atom. The van der Waals surface area contributed by atoms with Gasteiger partial charge in [-0.05, 0) is 52.3 Å². The van der Waals surface area contributed by atoms with Crippen LogP contribution in [-0.2, 0) is 4.79 Å². The molecule has 122 valence electrons. The van der Waals surface area contributed by atoms with E-state index >= 15 is 0 Å². The lowest BCUT2D eigenvalue weighted by Gasteiger charge is -2.42. The highest BCUT2D eigenvalue weighted by molar-refractivity contribution is 6.40. The Hall–Kier alpha value is -0.625. The highest BCUT2D eigenvalue weighted by Crippen LogP contribution is 2.38. The predicted octanol–water partition coefficient (Wildman–Crippen LogP) is 0.436. The van der Waals surface area contributed by atoms with Gasteiger partial charge in [0.1, 0.15) is 5.54 Å². The molecule has 0 aliphatic heterocycles. The molecule has 1 saturated carbocycles. The molecule has 1 rings (SSSR count). The van der Waals surface area contributed by atoms with Gasteiger partial charge in [-0.1, -0.05) is 6.42 Å². The van der Waals surface area contributed by atoms with Crippen LogP contribution in [0.4, 0.5) is 0 Å². The van der Waals surface area contributed by atoms with Crippen LogP contribution in [0, 0.1) is 11.8 Å². The first-order chi connectivity index (χ1) is 9.54. The Bertz CT molecular complexity index is 359. The monoisotopic (exact) mass is 300 g/mol. The molecule has 0 unspecified atom stereocenters. The number of hydrogen-bond acceptors (Lipinski definition) is 5. The van der Waals surface area contributed by atoms with E-state index in [0.717, 1.165) is 12.8 Å². The van der Waals surface area contributed by atoms with Crippen molar-refractivity contribution in [3.05, 3.63) is 0 Å². The maximum absolute atomic E-state index is 11.6. The molecular formula is C14H29BN2O4. The fraction of sp³-hybridized carbons (Fsp3) is 0.929. The number of rotatable bonds is 6. The van der Waals surface area contributed by atoms with Gasteiger partial charge in [0, 0.05) is 18.0 Å². The molecule has 0 aromatic rings. The molecule has 1 aliphatic carbocycles. The molecule has 7 heteroatoms. The minimum absolute atomic E-state index is 0.0722. The minimum atomic E-state index is -1.33. The maximum Gasteiger partial charge on any atom is 0.451 e. The van der Waals surface area contributed by atoms with Crippen LogP contribution in [0.5, 0.6) is 0 Å². The molecule has 3 atom stereocenters. The average molecular weight is 300 g/mol. The van der Waals surface area contributed by atoms with Crippen molar-refractivity contribution in [2.45, 2.75) is 63.9 Å². The second kappa shape index (κ2) is 7.09. The van der Waals surface area contributed by atoms with Gasteiger partial charge in [0.15, 0.2) is 0 Å². The van der Waals surface area contributed by atoms with Crippen molar-refractivity contribution in [2.24, 2.45) is 17.6 Å². The molecule has 0 aromatic heterocycles. The van der Waals surface area contributed by atoms with Crippen LogP contribution in [0.2, 0.25) is 6.32 Å². The summed E-state index contributed by atoms with van der Waals surface area (Å²) in [6.07, 6.45) is 2.90. The standard InChI is InChI=1S/C14H29BN2O4/c1-13(2,3)17-9-11-5-4-10(6-7-15(20)21)8-14(11,16)12(18)19/h10-11,17,20-21H,4-9,16H2,1-3H3,(H,18,19)/t10-,11-,14+/m1/s1. The van der Waals surface area contributed by atoms with Crippen LogP contribution in [0.15, 0.2) is 0 Å². The predicted molar refractivity (Wildman–Crippen MR) is 82.8 cm³/mol. The summed E-state index contributed by atoms with van der Waals surface area (Å²) in [5, 5.41) is 30.8. The normalized spacial score (nSPS) is 30.2. The molecule has 0 amide bonds. The number of carboxylic acids is 1. The van der Waals surface area contributed by atoms with E-state index in [-0.39, 0.29) is 23.7 Å². The summed E-state index contributed by atoms with van der Waals surface area (Å²) < 4.78 is 0. The van der Waals surface area contributed by atoms with Crippen molar-refractivity contribution >= 4 is 13.1 Å². The minimum Gasteiger partial charge on any atom is -0.480 e. The molecule has 6 nitrogen and oxygen atoms in total. The first kappa shape index (κ1) is 18.4. The van der Waals surface area contributed by atoms with E-state index in [0.29, 0.717) is 19.4 Å². The smallest absolute Gasteiger partial charge is 0.451 e. The van der Waals surface area contributed by atoms with E-state index in [4.69, 9.17) is 15.8 Å². The molecule has 0 spiro atoms. The molecule has 0 bridgehead atoms. The molecule has 0 aromatic carbocycles. The summed E-state index contributed by atoms with van der Waals surface area (Å²) in [7, 11) is -1.33. The molecule has 0 radical (unpaired) electrons. The average Bonchev–Trinajstić information content (AvgIpc) is 2.33. The first-order valence-electron chi connectivity index (χ1n) is 7.68. The fourth-order valence-corrected chi connectivity index (χ4v) is 3.05. The van der Waals surface area contributed by atoms with Gasteiger partial charge >= 0.3 is 13.1 Å². The van der Waals surface area contributed by atoms with Crippen molar-refractivity contribution in [3.8, 4) is 0 Å². The Kier molecular flexibility index (Phi) is 6.22. The van der Waals surface area contributed by atoms with Crippen molar-refractivity contribution in [1.29, 1.82) is 0 Å². The number of carbonyl (C=O) groups is 1. The van der Waals surface area contributed by atoms with Crippen LogP contribution in [0.25, 0.3) is 0 Å². The zero-order valence-electron chi connectivity index (χ0n) is 13.3. The second-order valence-corrected chi connectivity index (χ2v) is 7.38. The van der Waals surface area contributed by atoms with E-state index in [1.807, 2.05) is 20.8 Å². The number of nitrogens with one attached hydrogen (secondary N) is 1. The summed E-state index contributed by atoms with van der Waals surface area (Å²) >= 11 is 0. The molecular weight excluding hydrogens is 271 g/mol. The molecule has 1 fully saturated rings. The highest BCUT2D eigenvalue weighted by Gasteiger charge is 2.46. The third-order valence-electron chi connectivity index (χ3n) is 4.39. The number of hydrogen-bond donors (Lipinski definition) is 5. The third kappa shape index (κ3) is 5.58. The lowest BCUT2D eigenvalue weighted by atomic mass is 9.66. The highest BCUT2D eigenvalue weighted by atomic mass is 16.4. The van der Waals surface area contributed by atoms with Gasteiger partial charge in [-0.2, -0.15) is 0 Å². The Balaban J connectivity index is 2.68. The zero-order valence-corrected chi connectivity index (χ0v) is 13.3. The number of nitrogens with two attached hydrogens (primary N) is 1. The van der Waals surface area contributed by atoms with Crippen LogP contribution >= 0.6 is 0 Å². The van der Waals surface area contributed by atoms with Gasteiger partial charge in [0.05, 0.1) is 0 Å². The topological polar surface area (TPSA) is 116 Å². The van der Waals surface area contributed by atoms with Gasteiger partial charge < -0.3 is 26.2 Å². The van der Waals surface area contributed by atoms with Crippen LogP contribution < -0.4 is 11.1 Å². The Morgan fingerprint density at radius 2 is 2.00 bits per heavy atom. The molecule has 1 aliphatic rings. The van der Waals surface area contributed by atoms with E-state index in [1.165, 1.54) is 0 Å². The number of aliphatic carboxylic acids is 1. The summed E-state index contributed by atoms with van der Waals surface area (Å²) in [5.74, 6) is -0.930. The van der Waals surface area contributed by atoms with Gasteiger partial charge in [0.25, 0.3) is 0 Å². The van der Waals surface area contributed by atoms with Gasteiger partial charge in [-0.3, -0.25) is 4.79 Å². The van der Waals surface area contributed by atoms with Crippen LogP contribution in [0.1, 0.15) is 46.5 Å². The van der Waals surface area contributed by atoms with Crippen molar-refractivity contribution < 1.29 is 19.9 Å². The summed E-state index contributed by atoms with van der Waals surface area (Å²) in [4.78, 5) is 11.6. The molecule has 6 N–H and O–H groups in total. The maximum atomic E-state index is 11.6. The zero-order chi connectivity index (χ0) is 16.3. The molecule has 0 saturated heterocycles. The molecule has 0 heterocycles. The Labute approximate surface area is 127 Å². The van der Waals surface area contributed by atoms with E-state index in [1.54, 1.807) is 0 Å². The van der Waals surface area contributed by atoms with Crippen molar-refractivity contribution in [2.75, 3.05) is 6.54 Å². The quantitative estimate of drug-likeness (QED) is 0.454. The van der Waals surface area contributed by atoms with E-state index in [2.05, 4.69) is 5.32 Å². The van der Waals surface area contributed by atoms with Crippen molar-refractivity contribution in [3.63, 3.8) is 0 Å². The fourth-order valence-electron chi connectivity index (χ4n) is 3.05. The Morgan fingerprint density at radius 3 is 2.48 bits per heavy atom. The van der Waals surface area contributed by atoms with Gasteiger partial charge in [-0.15, -0.1) is 0 Å².